The van der Waals surface area contributed by atoms with Crippen LogP contribution in [0.15, 0.2) is 12.4 Å². The Morgan fingerprint density at radius 2 is 2.10 bits per heavy atom. The monoisotopic (exact) mass is 277 g/mol. The molecule has 112 valence electrons. The molecule has 1 aromatic heterocycles. The molecule has 20 heavy (non-hydrogen) atoms. The molecule has 5 heteroatoms. The van der Waals surface area contributed by atoms with Crippen LogP contribution in [0.25, 0.3) is 0 Å². The van der Waals surface area contributed by atoms with Gasteiger partial charge in [-0.05, 0) is 26.4 Å². The third kappa shape index (κ3) is 4.15. The van der Waals surface area contributed by atoms with Gasteiger partial charge in [0.2, 0.25) is 5.95 Å². The summed E-state index contributed by atoms with van der Waals surface area (Å²) in [6.07, 6.45) is 6.34. The van der Waals surface area contributed by atoms with Gasteiger partial charge in [-0.25, -0.2) is 9.97 Å². The lowest BCUT2D eigenvalue weighted by molar-refractivity contribution is 0.247. The molecule has 2 heterocycles. The Hall–Kier alpha value is -1.20. The maximum atomic E-state index is 4.51. The third-order valence-electron chi connectivity index (χ3n) is 3.87. The van der Waals surface area contributed by atoms with Crippen LogP contribution in [-0.4, -0.2) is 54.1 Å². The van der Waals surface area contributed by atoms with Crippen LogP contribution in [0.4, 0.5) is 5.95 Å². The number of hydrogen-bond donors (Lipinski definition) is 1. The van der Waals surface area contributed by atoms with Crippen LogP contribution in [-0.2, 0) is 6.54 Å². The Kier molecular flexibility index (Phi) is 5.31. The van der Waals surface area contributed by atoms with Gasteiger partial charge in [-0.2, -0.15) is 0 Å². The van der Waals surface area contributed by atoms with Gasteiger partial charge in [0.15, 0.2) is 0 Å². The highest BCUT2D eigenvalue weighted by Gasteiger charge is 2.22. The number of likely N-dealkylation sites (N-methyl/N-ethyl adjacent to an activating group) is 2. The van der Waals surface area contributed by atoms with Gasteiger partial charge in [0, 0.05) is 50.2 Å². The Morgan fingerprint density at radius 1 is 1.40 bits per heavy atom. The summed E-state index contributed by atoms with van der Waals surface area (Å²) in [5.74, 6) is 0.832. The van der Waals surface area contributed by atoms with Gasteiger partial charge in [-0.1, -0.05) is 13.8 Å². The van der Waals surface area contributed by atoms with E-state index in [2.05, 4.69) is 53.0 Å². The van der Waals surface area contributed by atoms with Crippen LogP contribution in [0, 0.1) is 0 Å². The van der Waals surface area contributed by atoms with Crippen LogP contribution in [0.1, 0.15) is 32.3 Å². The Balaban J connectivity index is 1.94. The molecule has 0 bridgehead atoms. The lowest BCUT2D eigenvalue weighted by Gasteiger charge is -2.35. The second-order valence-corrected chi connectivity index (χ2v) is 6.10. The van der Waals surface area contributed by atoms with Gasteiger partial charge >= 0.3 is 0 Å². The van der Waals surface area contributed by atoms with Gasteiger partial charge in [0.1, 0.15) is 0 Å². The van der Waals surface area contributed by atoms with Crippen molar-refractivity contribution in [2.24, 2.45) is 0 Å². The first kappa shape index (κ1) is 15.2. The lowest BCUT2D eigenvalue weighted by Crippen LogP contribution is -2.45. The van der Waals surface area contributed by atoms with Crippen molar-refractivity contribution in [1.82, 2.24) is 20.2 Å². The van der Waals surface area contributed by atoms with Gasteiger partial charge in [-0.3, -0.25) is 0 Å². The molecule has 0 aromatic carbocycles. The van der Waals surface area contributed by atoms with Crippen molar-refractivity contribution < 1.29 is 0 Å². The number of hydrogen-bond acceptors (Lipinski definition) is 5. The minimum atomic E-state index is 0.482. The molecule has 1 N–H and O–H groups in total. The molecular weight excluding hydrogens is 250 g/mol. The number of rotatable bonds is 5. The minimum Gasteiger partial charge on any atom is -0.340 e. The second-order valence-electron chi connectivity index (χ2n) is 6.10. The highest BCUT2D eigenvalue weighted by atomic mass is 15.3. The van der Waals surface area contributed by atoms with Crippen molar-refractivity contribution in [3.05, 3.63) is 18.0 Å². The predicted octanol–water partition coefficient (Wildman–Crippen LogP) is 1.50. The zero-order valence-corrected chi connectivity index (χ0v) is 13.1. The average Bonchev–Trinajstić information content (AvgIpc) is 2.45. The molecule has 1 aromatic rings. The van der Waals surface area contributed by atoms with Gasteiger partial charge in [0.05, 0.1) is 0 Å². The number of piperidine rings is 1. The number of anilines is 1. The maximum Gasteiger partial charge on any atom is 0.225 e. The first-order valence-corrected chi connectivity index (χ1v) is 7.52. The predicted molar refractivity (Wildman–Crippen MR) is 82.9 cm³/mol. The highest BCUT2D eigenvalue weighted by Crippen LogP contribution is 2.17. The van der Waals surface area contributed by atoms with E-state index in [0.717, 1.165) is 24.6 Å². The van der Waals surface area contributed by atoms with Crippen LogP contribution in [0.2, 0.25) is 0 Å². The highest BCUT2D eigenvalue weighted by molar-refractivity contribution is 5.30. The molecule has 0 amide bonds. The van der Waals surface area contributed by atoms with E-state index in [1.807, 2.05) is 12.4 Å². The molecule has 0 spiro atoms. The molecular formula is C15H27N5. The fourth-order valence-corrected chi connectivity index (χ4v) is 2.56. The zero-order valence-electron chi connectivity index (χ0n) is 13.1. The summed E-state index contributed by atoms with van der Waals surface area (Å²) in [6, 6.07) is 1.00. The Morgan fingerprint density at radius 3 is 2.70 bits per heavy atom. The quantitative estimate of drug-likeness (QED) is 0.884. The largest absolute Gasteiger partial charge is 0.340 e. The van der Waals surface area contributed by atoms with Crippen LogP contribution >= 0.6 is 0 Å². The number of aromatic nitrogens is 2. The fourth-order valence-electron chi connectivity index (χ4n) is 2.56. The summed E-state index contributed by atoms with van der Waals surface area (Å²) < 4.78 is 0. The van der Waals surface area contributed by atoms with Crippen molar-refractivity contribution in [2.45, 2.75) is 45.3 Å². The zero-order chi connectivity index (χ0) is 14.5. The molecule has 1 unspecified atom stereocenters. The maximum absolute atomic E-state index is 4.51. The average molecular weight is 277 g/mol. The van der Waals surface area contributed by atoms with Crippen LogP contribution < -0.4 is 10.2 Å². The molecule has 1 saturated heterocycles. The molecule has 1 aliphatic heterocycles. The van der Waals surface area contributed by atoms with Crippen molar-refractivity contribution in [1.29, 1.82) is 0 Å². The molecule has 1 atom stereocenters. The summed E-state index contributed by atoms with van der Waals surface area (Å²) in [6.45, 7) is 7.40. The SMILES string of the molecule is CC(C)NCc1cnc(N(C)C2CCCN(C)C2)nc1. The topological polar surface area (TPSA) is 44.3 Å². The third-order valence-corrected chi connectivity index (χ3v) is 3.87. The van der Waals surface area contributed by atoms with Gasteiger partial charge in [-0.15, -0.1) is 0 Å². The van der Waals surface area contributed by atoms with Gasteiger partial charge in [0.25, 0.3) is 0 Å². The van der Waals surface area contributed by atoms with E-state index in [1.165, 1.54) is 19.4 Å². The van der Waals surface area contributed by atoms with E-state index in [-0.39, 0.29) is 0 Å². The van der Waals surface area contributed by atoms with Crippen LogP contribution in [0.5, 0.6) is 0 Å². The first-order chi connectivity index (χ1) is 9.56. The number of nitrogens with zero attached hydrogens (tertiary/aromatic N) is 4. The van der Waals surface area contributed by atoms with E-state index in [0.29, 0.717) is 12.1 Å². The molecule has 0 saturated carbocycles. The van der Waals surface area contributed by atoms with E-state index in [4.69, 9.17) is 0 Å². The molecule has 0 aliphatic carbocycles. The molecule has 5 nitrogen and oxygen atoms in total. The van der Waals surface area contributed by atoms with E-state index < -0.39 is 0 Å². The fraction of sp³-hybridized carbons (Fsp3) is 0.733. The summed E-state index contributed by atoms with van der Waals surface area (Å²) >= 11 is 0. The minimum absolute atomic E-state index is 0.482. The van der Waals surface area contributed by atoms with Gasteiger partial charge < -0.3 is 15.1 Å². The lowest BCUT2D eigenvalue weighted by atomic mass is 10.1. The van der Waals surface area contributed by atoms with Crippen molar-refractivity contribution in [2.75, 3.05) is 32.1 Å². The van der Waals surface area contributed by atoms with E-state index in [1.54, 1.807) is 0 Å². The Labute approximate surface area is 122 Å². The van der Waals surface area contributed by atoms with E-state index >= 15 is 0 Å². The molecule has 0 radical (unpaired) electrons. The smallest absolute Gasteiger partial charge is 0.225 e. The first-order valence-electron chi connectivity index (χ1n) is 7.52. The van der Waals surface area contributed by atoms with Crippen molar-refractivity contribution >= 4 is 5.95 Å². The number of likely N-dealkylation sites (tertiary alicyclic amines) is 1. The van der Waals surface area contributed by atoms with Crippen molar-refractivity contribution in [3.8, 4) is 0 Å². The molecule has 1 aliphatic rings. The molecule has 1 fully saturated rings. The normalized spacial score (nSPS) is 20.4. The summed E-state index contributed by atoms with van der Waals surface area (Å²) in [5.41, 5.74) is 1.14. The Bertz CT molecular complexity index is 403. The second kappa shape index (κ2) is 6.99. The van der Waals surface area contributed by atoms with Crippen LogP contribution in [0.3, 0.4) is 0 Å². The van der Waals surface area contributed by atoms with Crippen molar-refractivity contribution in [3.63, 3.8) is 0 Å². The number of nitrogens with one attached hydrogen (secondary N) is 1. The summed E-state index contributed by atoms with van der Waals surface area (Å²) in [4.78, 5) is 13.6. The summed E-state index contributed by atoms with van der Waals surface area (Å²) in [5, 5.41) is 3.38. The standard InChI is InChI=1S/C15H27N5/c1-12(2)16-8-13-9-17-15(18-10-13)20(4)14-6-5-7-19(3)11-14/h9-10,12,14,16H,5-8,11H2,1-4H3. The summed E-state index contributed by atoms with van der Waals surface area (Å²) in [7, 11) is 4.28. The molecule has 2 rings (SSSR count). The van der Waals surface area contributed by atoms with E-state index in [9.17, 15) is 0 Å².